The number of nitriles is 1. The summed E-state index contributed by atoms with van der Waals surface area (Å²) >= 11 is 1.02. The van der Waals surface area contributed by atoms with E-state index in [0.29, 0.717) is 54.1 Å². The number of likely N-dealkylation sites (tertiary alicyclic amines) is 1. The molecule has 0 aromatic carbocycles. The number of rotatable bonds is 3. The Labute approximate surface area is 197 Å². The molecule has 0 radical (unpaired) electrons. The highest BCUT2D eigenvalue weighted by Gasteiger charge is 2.56. The largest absolute Gasteiger partial charge is 0.393 e. The highest BCUT2D eigenvalue weighted by atomic mass is 32.1. The van der Waals surface area contributed by atoms with Crippen LogP contribution >= 0.6 is 11.3 Å². The number of alkyl halides is 3. The molecule has 5 fully saturated rings. The van der Waals surface area contributed by atoms with E-state index in [4.69, 9.17) is 0 Å². The number of amides is 1. The number of nitrogens with zero attached hydrogens (tertiary/aromatic N) is 4. The fourth-order valence-electron chi connectivity index (χ4n) is 6.11. The van der Waals surface area contributed by atoms with E-state index in [1.54, 1.807) is 11.0 Å². The number of anilines is 1. The predicted octanol–water partition coefficient (Wildman–Crippen LogP) is 2.63. The minimum Gasteiger partial charge on any atom is -0.369 e. The second-order valence-corrected chi connectivity index (χ2v) is 11.2. The van der Waals surface area contributed by atoms with E-state index in [2.05, 4.69) is 10.3 Å². The fourth-order valence-corrected chi connectivity index (χ4v) is 7.29. The molecular weight excluding hydrogens is 467 g/mol. The van der Waals surface area contributed by atoms with Crippen LogP contribution in [0.4, 0.5) is 18.9 Å². The summed E-state index contributed by atoms with van der Waals surface area (Å²) in [6.45, 7) is 2.19. The van der Waals surface area contributed by atoms with Crippen molar-refractivity contribution in [3.63, 3.8) is 0 Å². The molecule has 34 heavy (non-hydrogen) atoms. The van der Waals surface area contributed by atoms with Crippen LogP contribution in [-0.2, 0) is 16.0 Å². The Morgan fingerprint density at radius 1 is 1.29 bits per heavy atom. The van der Waals surface area contributed by atoms with Crippen molar-refractivity contribution in [1.82, 2.24) is 15.2 Å². The number of piperidine rings is 2. The fraction of sp³-hybridized carbons (Fsp3) is 0.565. The Kier molecular flexibility index (Phi) is 4.74. The Morgan fingerprint density at radius 3 is 2.71 bits per heavy atom. The third-order valence-corrected chi connectivity index (χ3v) is 8.69. The van der Waals surface area contributed by atoms with Gasteiger partial charge in [-0.2, -0.15) is 18.4 Å². The van der Waals surface area contributed by atoms with Crippen LogP contribution in [0.1, 0.15) is 29.7 Å². The Hall–Kier alpha value is -2.71. The lowest BCUT2D eigenvalue weighted by Crippen LogP contribution is -2.75. The van der Waals surface area contributed by atoms with Gasteiger partial charge in [0.2, 0.25) is 5.91 Å². The van der Waals surface area contributed by atoms with Crippen LogP contribution in [0.2, 0.25) is 0 Å². The van der Waals surface area contributed by atoms with Crippen molar-refractivity contribution >= 4 is 38.9 Å². The van der Waals surface area contributed by atoms with Crippen molar-refractivity contribution in [2.45, 2.75) is 43.9 Å². The molecule has 2 aromatic rings. The number of nitrogens with one attached hydrogen (secondary N) is 1. The van der Waals surface area contributed by atoms with Crippen molar-refractivity contribution in [3.8, 4) is 6.07 Å². The zero-order valence-electron chi connectivity index (χ0n) is 18.2. The maximum atomic E-state index is 13.3. The van der Waals surface area contributed by atoms with Gasteiger partial charge in [0.05, 0.1) is 23.7 Å². The molecule has 1 amide bonds. The third-order valence-electron chi connectivity index (χ3n) is 7.58. The number of ketones is 1. The van der Waals surface area contributed by atoms with E-state index in [-0.39, 0.29) is 33.9 Å². The molecule has 2 bridgehead atoms. The zero-order chi connectivity index (χ0) is 23.8. The van der Waals surface area contributed by atoms with Crippen molar-refractivity contribution in [2.24, 2.45) is 11.3 Å². The summed E-state index contributed by atoms with van der Waals surface area (Å²) < 4.78 is 39.8. The second-order valence-electron chi connectivity index (χ2n) is 10.1. The van der Waals surface area contributed by atoms with Crippen LogP contribution in [-0.4, -0.2) is 66.0 Å². The van der Waals surface area contributed by atoms with E-state index < -0.39 is 18.6 Å². The Bertz CT molecular complexity index is 1240. The van der Waals surface area contributed by atoms with E-state index in [1.807, 2.05) is 11.0 Å². The summed E-state index contributed by atoms with van der Waals surface area (Å²) in [5.74, 6) is -0.102. The molecular formula is C23H22F3N5O2S. The molecule has 1 spiro atoms. The molecule has 7 nitrogen and oxygen atoms in total. The number of thiophene rings is 1. The molecule has 7 rings (SSSR count). The van der Waals surface area contributed by atoms with E-state index in [0.717, 1.165) is 24.2 Å². The molecule has 178 valence electrons. The number of hydrogen-bond acceptors (Lipinski definition) is 7. The van der Waals surface area contributed by atoms with Gasteiger partial charge in [-0.3, -0.25) is 9.59 Å². The van der Waals surface area contributed by atoms with Crippen LogP contribution in [0, 0.1) is 22.7 Å². The number of Topliss-reactive ketones (excluding diaryl/α,β-unsaturated/α-hetero) is 1. The first-order valence-corrected chi connectivity index (χ1v) is 12.2. The first-order valence-electron chi connectivity index (χ1n) is 11.4. The maximum absolute atomic E-state index is 13.3. The monoisotopic (exact) mass is 489 g/mol. The van der Waals surface area contributed by atoms with Gasteiger partial charge < -0.3 is 15.1 Å². The molecule has 4 aliphatic heterocycles. The number of aromatic nitrogens is 1. The average molecular weight is 490 g/mol. The summed E-state index contributed by atoms with van der Waals surface area (Å²) in [6, 6.07) is 3.26. The van der Waals surface area contributed by atoms with Gasteiger partial charge in [0, 0.05) is 66.4 Å². The summed E-state index contributed by atoms with van der Waals surface area (Å²) in [7, 11) is 0. The number of hydrogen-bond donors (Lipinski definition) is 1. The normalized spacial score (nSPS) is 27.6. The molecule has 2 aromatic heterocycles. The van der Waals surface area contributed by atoms with E-state index in [9.17, 15) is 28.0 Å². The predicted molar refractivity (Wildman–Crippen MR) is 118 cm³/mol. The summed E-state index contributed by atoms with van der Waals surface area (Å²) in [6.07, 6.45) is -1.82. The van der Waals surface area contributed by atoms with E-state index >= 15 is 0 Å². The number of halogens is 3. The minimum atomic E-state index is -4.35. The van der Waals surface area contributed by atoms with E-state index in [1.165, 1.54) is 6.20 Å². The van der Waals surface area contributed by atoms with Gasteiger partial charge in [0.15, 0.2) is 0 Å². The molecule has 1 N–H and O–H groups in total. The van der Waals surface area contributed by atoms with Crippen LogP contribution in [0.15, 0.2) is 12.3 Å². The Morgan fingerprint density at radius 2 is 2.06 bits per heavy atom. The smallest absolute Gasteiger partial charge is 0.369 e. The first kappa shape index (κ1) is 21.8. The van der Waals surface area contributed by atoms with Crippen LogP contribution in [0.3, 0.4) is 0 Å². The van der Waals surface area contributed by atoms with Crippen LogP contribution < -0.4 is 10.2 Å². The van der Waals surface area contributed by atoms with Gasteiger partial charge in [-0.25, -0.2) is 4.98 Å². The lowest BCUT2D eigenvalue weighted by Gasteiger charge is -2.61. The quantitative estimate of drug-likeness (QED) is 0.713. The van der Waals surface area contributed by atoms with Crippen molar-refractivity contribution in [2.75, 3.05) is 31.1 Å². The summed E-state index contributed by atoms with van der Waals surface area (Å²) in [5.41, 5.74) is 0.677. The molecule has 1 saturated carbocycles. The molecule has 3 atom stereocenters. The van der Waals surface area contributed by atoms with Crippen molar-refractivity contribution in [3.05, 3.63) is 22.7 Å². The van der Waals surface area contributed by atoms with Crippen molar-refractivity contribution in [1.29, 1.82) is 5.26 Å². The first-order chi connectivity index (χ1) is 16.1. The van der Waals surface area contributed by atoms with Crippen LogP contribution in [0.5, 0.6) is 0 Å². The molecule has 1 aliphatic carbocycles. The third kappa shape index (κ3) is 3.46. The molecule has 5 aliphatic rings. The lowest BCUT2D eigenvalue weighted by molar-refractivity contribution is -0.154. The summed E-state index contributed by atoms with van der Waals surface area (Å²) in [4.78, 5) is 33.9. The summed E-state index contributed by atoms with van der Waals surface area (Å²) in [5, 5.41) is 13.1. The van der Waals surface area contributed by atoms with Gasteiger partial charge in [-0.05, 0) is 18.9 Å². The average Bonchev–Trinajstić information content (AvgIpc) is 3.06. The van der Waals surface area contributed by atoms with Gasteiger partial charge >= 0.3 is 6.18 Å². The highest BCUT2D eigenvalue weighted by molar-refractivity contribution is 7.19. The SMILES string of the molecule is N#Cc1cnc2sc(CC(F)(F)F)c(N3CC4(CN(C(=O)[C@H]5N[C@H]6CC[C@@H]5C(=O)C6)C4)C3)c2c1. The topological polar surface area (TPSA) is 89.3 Å². The molecule has 11 heteroatoms. The maximum Gasteiger partial charge on any atom is 0.393 e. The number of pyridine rings is 1. The molecule has 0 unspecified atom stereocenters. The van der Waals surface area contributed by atoms with Gasteiger partial charge in [-0.15, -0.1) is 11.3 Å². The molecule has 6 heterocycles. The molecule has 4 saturated heterocycles. The lowest BCUT2D eigenvalue weighted by atomic mass is 9.70. The van der Waals surface area contributed by atoms with Crippen molar-refractivity contribution < 1.29 is 22.8 Å². The second kappa shape index (κ2) is 7.39. The Balaban J connectivity index is 1.18. The standard InChI is InChI=1S/C23H22F3N5O2S/c24-23(25,26)5-17-19(15-3-12(6-27)7-28-20(15)34-17)30-8-22(9-30)10-31(11-22)21(33)18-14-2-1-13(29-18)4-16(14)32/h3,7,13-14,18,29H,1-2,4-5,8-11H2/t13-,14+,18-/m0/s1. The van der Waals surface area contributed by atoms with Gasteiger partial charge in [0.25, 0.3) is 0 Å². The zero-order valence-corrected chi connectivity index (χ0v) is 19.0. The number of carbonyl (C=O) groups excluding carboxylic acids is 2. The van der Waals surface area contributed by atoms with Gasteiger partial charge in [-0.1, -0.05) is 0 Å². The highest BCUT2D eigenvalue weighted by Crippen LogP contribution is 2.48. The minimum absolute atomic E-state index is 0.0339. The van der Waals surface area contributed by atoms with Crippen LogP contribution in [0.25, 0.3) is 10.2 Å². The number of fused-ring (bicyclic) bond motifs is 4. The van der Waals surface area contributed by atoms with Gasteiger partial charge in [0.1, 0.15) is 16.7 Å². The number of carbonyl (C=O) groups is 2.